The molecular formula is C15H25N3O. The maximum atomic E-state index is 9.48. The Kier molecular flexibility index (Phi) is 5.19. The molecule has 1 atom stereocenters. The van der Waals surface area contributed by atoms with Gasteiger partial charge in [-0.25, -0.2) is 0 Å². The van der Waals surface area contributed by atoms with Crippen LogP contribution in [0.1, 0.15) is 18.5 Å². The summed E-state index contributed by atoms with van der Waals surface area (Å²) in [6.07, 6.45) is 0. The van der Waals surface area contributed by atoms with Gasteiger partial charge in [-0.15, -0.1) is 0 Å². The van der Waals surface area contributed by atoms with Gasteiger partial charge in [-0.1, -0.05) is 12.1 Å². The van der Waals surface area contributed by atoms with E-state index in [-0.39, 0.29) is 6.04 Å². The topological polar surface area (TPSA) is 38.7 Å². The first kappa shape index (κ1) is 14.3. The summed E-state index contributed by atoms with van der Waals surface area (Å²) in [4.78, 5) is 4.88. The van der Waals surface area contributed by atoms with Crippen molar-refractivity contribution in [3.8, 4) is 5.75 Å². The van der Waals surface area contributed by atoms with Gasteiger partial charge in [0.25, 0.3) is 0 Å². The summed E-state index contributed by atoms with van der Waals surface area (Å²) in [7, 11) is 2.18. The van der Waals surface area contributed by atoms with Crippen molar-refractivity contribution in [1.29, 1.82) is 0 Å². The Balaban J connectivity index is 1.70. The standard InChI is InChI=1S/C15H25N3O/c1-13(14-4-3-5-15(19)12-14)16-6-7-18-10-8-17(2)9-11-18/h3-5,12-13,16,19H,6-11H2,1-2H3. The Morgan fingerprint density at radius 1 is 1.26 bits per heavy atom. The van der Waals surface area contributed by atoms with Crippen LogP contribution in [0.25, 0.3) is 0 Å². The second-order valence-corrected chi connectivity index (χ2v) is 5.42. The number of likely N-dealkylation sites (N-methyl/N-ethyl adjacent to an activating group) is 1. The maximum Gasteiger partial charge on any atom is 0.115 e. The zero-order valence-corrected chi connectivity index (χ0v) is 12.0. The van der Waals surface area contributed by atoms with Gasteiger partial charge >= 0.3 is 0 Å². The molecule has 4 heteroatoms. The van der Waals surface area contributed by atoms with Crippen molar-refractivity contribution in [1.82, 2.24) is 15.1 Å². The molecule has 0 amide bonds. The third-order valence-corrected chi connectivity index (χ3v) is 3.84. The molecule has 106 valence electrons. The highest BCUT2D eigenvalue weighted by Gasteiger charge is 2.13. The highest BCUT2D eigenvalue weighted by atomic mass is 16.3. The van der Waals surface area contributed by atoms with Crippen LogP contribution in [-0.2, 0) is 0 Å². The first-order valence-electron chi connectivity index (χ1n) is 7.08. The van der Waals surface area contributed by atoms with Gasteiger partial charge < -0.3 is 15.3 Å². The number of hydrogen-bond acceptors (Lipinski definition) is 4. The molecule has 0 bridgehead atoms. The highest BCUT2D eigenvalue weighted by molar-refractivity contribution is 5.28. The van der Waals surface area contributed by atoms with E-state index in [9.17, 15) is 5.11 Å². The Morgan fingerprint density at radius 2 is 2.00 bits per heavy atom. The molecule has 0 spiro atoms. The van der Waals surface area contributed by atoms with Crippen molar-refractivity contribution >= 4 is 0 Å². The summed E-state index contributed by atoms with van der Waals surface area (Å²) in [5.74, 6) is 0.338. The minimum absolute atomic E-state index is 0.277. The van der Waals surface area contributed by atoms with E-state index in [1.165, 1.54) is 26.2 Å². The second kappa shape index (κ2) is 6.89. The minimum Gasteiger partial charge on any atom is -0.508 e. The lowest BCUT2D eigenvalue weighted by molar-refractivity contribution is 0.154. The molecule has 1 aliphatic heterocycles. The molecule has 2 N–H and O–H groups in total. The maximum absolute atomic E-state index is 9.48. The summed E-state index contributed by atoms with van der Waals surface area (Å²) in [5, 5.41) is 13.0. The van der Waals surface area contributed by atoms with Crippen molar-refractivity contribution in [2.75, 3.05) is 46.3 Å². The van der Waals surface area contributed by atoms with Crippen molar-refractivity contribution in [2.45, 2.75) is 13.0 Å². The van der Waals surface area contributed by atoms with Gasteiger partial charge in [-0.05, 0) is 31.7 Å². The van der Waals surface area contributed by atoms with E-state index in [1.54, 1.807) is 6.07 Å². The van der Waals surface area contributed by atoms with Crippen LogP contribution in [0.5, 0.6) is 5.75 Å². The van der Waals surface area contributed by atoms with E-state index >= 15 is 0 Å². The van der Waals surface area contributed by atoms with Crippen LogP contribution >= 0.6 is 0 Å². The summed E-state index contributed by atoms with van der Waals surface area (Å²) in [5.41, 5.74) is 1.14. The van der Waals surface area contributed by atoms with Gasteiger partial charge in [0, 0.05) is 45.3 Å². The molecule has 1 unspecified atom stereocenters. The molecule has 1 aliphatic rings. The van der Waals surface area contributed by atoms with Crippen molar-refractivity contribution < 1.29 is 5.11 Å². The molecule has 0 aliphatic carbocycles. The fourth-order valence-corrected chi connectivity index (χ4v) is 2.42. The number of nitrogens with one attached hydrogen (secondary N) is 1. The van der Waals surface area contributed by atoms with Gasteiger partial charge in [0.1, 0.15) is 5.75 Å². The van der Waals surface area contributed by atoms with E-state index in [2.05, 4.69) is 29.1 Å². The molecule has 0 saturated carbocycles. The normalized spacial score (nSPS) is 19.5. The number of rotatable bonds is 5. The quantitative estimate of drug-likeness (QED) is 0.840. The predicted molar refractivity (Wildman–Crippen MR) is 78.5 cm³/mol. The van der Waals surface area contributed by atoms with E-state index in [4.69, 9.17) is 0 Å². The summed E-state index contributed by atoms with van der Waals surface area (Å²) >= 11 is 0. The number of hydrogen-bond donors (Lipinski definition) is 2. The Bertz CT molecular complexity index is 389. The molecule has 1 fully saturated rings. The Morgan fingerprint density at radius 3 is 2.68 bits per heavy atom. The van der Waals surface area contributed by atoms with Crippen molar-refractivity contribution in [3.63, 3.8) is 0 Å². The summed E-state index contributed by atoms with van der Waals surface area (Å²) in [6.45, 7) is 8.89. The average molecular weight is 263 g/mol. The fraction of sp³-hybridized carbons (Fsp3) is 0.600. The monoisotopic (exact) mass is 263 g/mol. The molecule has 2 rings (SSSR count). The first-order valence-corrected chi connectivity index (χ1v) is 7.08. The number of nitrogens with zero attached hydrogens (tertiary/aromatic N) is 2. The number of aromatic hydroxyl groups is 1. The largest absolute Gasteiger partial charge is 0.508 e. The van der Waals surface area contributed by atoms with E-state index < -0.39 is 0 Å². The van der Waals surface area contributed by atoms with Crippen LogP contribution in [0.2, 0.25) is 0 Å². The van der Waals surface area contributed by atoms with Crippen LogP contribution in [0.15, 0.2) is 24.3 Å². The summed E-state index contributed by atoms with van der Waals surface area (Å²) < 4.78 is 0. The minimum atomic E-state index is 0.277. The van der Waals surface area contributed by atoms with Gasteiger partial charge in [-0.2, -0.15) is 0 Å². The molecule has 0 aromatic heterocycles. The number of piperazine rings is 1. The van der Waals surface area contributed by atoms with Crippen LogP contribution in [0.4, 0.5) is 0 Å². The molecule has 1 aromatic carbocycles. The molecule has 19 heavy (non-hydrogen) atoms. The zero-order valence-electron chi connectivity index (χ0n) is 12.0. The van der Waals surface area contributed by atoms with E-state index in [1.807, 2.05) is 18.2 Å². The molecule has 1 aromatic rings. The van der Waals surface area contributed by atoms with Gasteiger partial charge in [0.15, 0.2) is 0 Å². The van der Waals surface area contributed by atoms with Crippen LogP contribution in [0, 0.1) is 0 Å². The van der Waals surface area contributed by atoms with Crippen molar-refractivity contribution in [2.24, 2.45) is 0 Å². The smallest absolute Gasteiger partial charge is 0.115 e. The third-order valence-electron chi connectivity index (χ3n) is 3.84. The van der Waals surface area contributed by atoms with Gasteiger partial charge in [0.05, 0.1) is 0 Å². The SMILES string of the molecule is CC(NCCN1CCN(C)CC1)c1cccc(O)c1. The summed E-state index contributed by atoms with van der Waals surface area (Å²) in [6, 6.07) is 7.75. The van der Waals surface area contributed by atoms with Crippen LogP contribution < -0.4 is 5.32 Å². The lowest BCUT2D eigenvalue weighted by atomic mass is 10.1. The molecule has 1 saturated heterocycles. The molecular weight excluding hydrogens is 238 g/mol. The number of phenolic OH excluding ortho intramolecular Hbond substituents is 1. The van der Waals surface area contributed by atoms with Crippen LogP contribution in [-0.4, -0.2) is 61.2 Å². The van der Waals surface area contributed by atoms with Crippen molar-refractivity contribution in [3.05, 3.63) is 29.8 Å². The predicted octanol–water partition coefficient (Wildman–Crippen LogP) is 1.29. The third kappa shape index (κ3) is 4.49. The van der Waals surface area contributed by atoms with E-state index in [0.717, 1.165) is 18.7 Å². The van der Waals surface area contributed by atoms with Gasteiger partial charge in [0.2, 0.25) is 0 Å². The lowest BCUT2D eigenvalue weighted by Crippen LogP contribution is -2.46. The number of benzene rings is 1. The molecule has 0 radical (unpaired) electrons. The Hall–Kier alpha value is -1.10. The Labute approximate surface area is 116 Å². The van der Waals surface area contributed by atoms with E-state index in [0.29, 0.717) is 5.75 Å². The first-order chi connectivity index (χ1) is 9.15. The van der Waals surface area contributed by atoms with Crippen LogP contribution in [0.3, 0.4) is 0 Å². The van der Waals surface area contributed by atoms with Gasteiger partial charge in [-0.3, -0.25) is 4.90 Å². The number of phenols is 1. The average Bonchev–Trinajstić information content (AvgIpc) is 2.41. The molecule has 4 nitrogen and oxygen atoms in total. The highest BCUT2D eigenvalue weighted by Crippen LogP contribution is 2.17. The second-order valence-electron chi connectivity index (χ2n) is 5.42. The fourth-order valence-electron chi connectivity index (χ4n) is 2.42. The zero-order chi connectivity index (χ0) is 13.7. The lowest BCUT2D eigenvalue weighted by Gasteiger charge is -2.32. The molecule has 1 heterocycles.